The summed E-state index contributed by atoms with van der Waals surface area (Å²) in [5.41, 5.74) is 1.68. The first-order valence-corrected chi connectivity index (χ1v) is 7.04. The number of anilines is 1. The minimum absolute atomic E-state index is 0.128. The van der Waals surface area contributed by atoms with E-state index in [-0.39, 0.29) is 6.61 Å². The minimum Gasteiger partial charge on any atom is -0.395 e. The first-order valence-electron chi connectivity index (χ1n) is 6.25. The molecule has 0 aliphatic rings. The minimum atomic E-state index is 0.128. The van der Waals surface area contributed by atoms with E-state index >= 15 is 0 Å². The third-order valence-corrected chi connectivity index (χ3v) is 3.75. The molecule has 4 heteroatoms. The molecule has 0 spiro atoms. The van der Waals surface area contributed by atoms with Crippen molar-refractivity contribution >= 4 is 21.6 Å². The molecule has 0 fully saturated rings. The van der Waals surface area contributed by atoms with Crippen LogP contribution in [0.4, 0.5) is 5.69 Å². The lowest BCUT2D eigenvalue weighted by molar-refractivity contribution is 0.296. The molecule has 0 saturated carbocycles. The van der Waals surface area contributed by atoms with Gasteiger partial charge < -0.3 is 10.0 Å². The highest BCUT2D eigenvalue weighted by atomic mass is 79.9. The molecule has 1 aromatic rings. The quantitative estimate of drug-likeness (QED) is 0.877. The molecule has 0 unspecified atom stereocenters. The summed E-state index contributed by atoms with van der Waals surface area (Å²) in [6.07, 6.45) is 2.06. The van der Waals surface area contributed by atoms with Crippen LogP contribution in [-0.2, 0) is 0 Å². The summed E-state index contributed by atoms with van der Waals surface area (Å²) in [4.78, 5) is 2.20. The van der Waals surface area contributed by atoms with Gasteiger partial charge >= 0.3 is 0 Å². The highest BCUT2D eigenvalue weighted by Crippen LogP contribution is 2.30. The van der Waals surface area contributed by atoms with Crippen LogP contribution in [0.2, 0.25) is 0 Å². The van der Waals surface area contributed by atoms with E-state index < -0.39 is 0 Å². The Hall–Kier alpha value is -1.05. The van der Waals surface area contributed by atoms with Crippen LogP contribution in [0.5, 0.6) is 0 Å². The third-order valence-electron chi connectivity index (χ3n) is 3.11. The lowest BCUT2D eigenvalue weighted by Gasteiger charge is -2.33. The SMILES string of the molecule is CCC(CC)N(CCO)c1ccc(C#N)cc1Br. The van der Waals surface area contributed by atoms with Gasteiger partial charge in [0.15, 0.2) is 0 Å². The molecular formula is C14H19BrN2O. The Morgan fingerprint density at radius 2 is 2.06 bits per heavy atom. The van der Waals surface area contributed by atoms with Gasteiger partial charge in [-0.2, -0.15) is 5.26 Å². The van der Waals surface area contributed by atoms with Gasteiger partial charge in [-0.25, -0.2) is 0 Å². The van der Waals surface area contributed by atoms with Crippen molar-refractivity contribution < 1.29 is 5.11 Å². The Bertz CT molecular complexity index is 424. The molecular weight excluding hydrogens is 292 g/mol. The zero-order valence-electron chi connectivity index (χ0n) is 10.9. The molecule has 0 aromatic heterocycles. The zero-order chi connectivity index (χ0) is 13.5. The van der Waals surface area contributed by atoms with Crippen molar-refractivity contribution in [2.75, 3.05) is 18.1 Å². The van der Waals surface area contributed by atoms with Crippen molar-refractivity contribution in [3.05, 3.63) is 28.2 Å². The average molecular weight is 311 g/mol. The molecule has 0 bridgehead atoms. The van der Waals surface area contributed by atoms with Gasteiger partial charge in [-0.3, -0.25) is 0 Å². The van der Waals surface area contributed by atoms with Crippen molar-refractivity contribution in [1.29, 1.82) is 5.26 Å². The Balaban J connectivity index is 3.09. The maximum Gasteiger partial charge on any atom is 0.0992 e. The summed E-state index contributed by atoms with van der Waals surface area (Å²) in [7, 11) is 0. The van der Waals surface area contributed by atoms with Gasteiger partial charge in [0.05, 0.1) is 23.9 Å². The molecule has 0 heterocycles. The summed E-state index contributed by atoms with van der Waals surface area (Å²) in [6, 6.07) is 8.10. The first kappa shape index (κ1) is 15.0. The molecule has 0 amide bonds. The van der Waals surface area contributed by atoms with Gasteiger partial charge in [0.2, 0.25) is 0 Å². The normalized spacial score (nSPS) is 10.4. The molecule has 0 radical (unpaired) electrons. The largest absolute Gasteiger partial charge is 0.395 e. The van der Waals surface area contributed by atoms with E-state index in [1.54, 1.807) is 0 Å². The van der Waals surface area contributed by atoms with Crippen LogP contribution in [0, 0.1) is 11.3 Å². The molecule has 1 aromatic carbocycles. The number of rotatable bonds is 6. The van der Waals surface area contributed by atoms with Gasteiger partial charge in [0.25, 0.3) is 0 Å². The number of aliphatic hydroxyl groups is 1. The third kappa shape index (κ3) is 3.47. The molecule has 3 nitrogen and oxygen atoms in total. The Labute approximate surface area is 117 Å². The molecule has 0 saturated heterocycles. The van der Waals surface area contributed by atoms with E-state index in [1.807, 2.05) is 18.2 Å². The number of halogens is 1. The fourth-order valence-electron chi connectivity index (χ4n) is 2.15. The molecule has 18 heavy (non-hydrogen) atoms. The molecule has 1 N–H and O–H groups in total. The monoisotopic (exact) mass is 310 g/mol. The molecule has 0 aliphatic heterocycles. The highest BCUT2D eigenvalue weighted by Gasteiger charge is 2.17. The lowest BCUT2D eigenvalue weighted by atomic mass is 10.1. The summed E-state index contributed by atoms with van der Waals surface area (Å²) >= 11 is 3.51. The Morgan fingerprint density at radius 1 is 1.39 bits per heavy atom. The zero-order valence-corrected chi connectivity index (χ0v) is 12.4. The van der Waals surface area contributed by atoms with Gasteiger partial charge in [-0.05, 0) is 47.0 Å². The van der Waals surface area contributed by atoms with Crippen LogP contribution < -0.4 is 4.90 Å². The van der Waals surface area contributed by atoms with E-state index in [4.69, 9.17) is 5.26 Å². The number of aliphatic hydroxyl groups excluding tert-OH is 1. The van der Waals surface area contributed by atoms with E-state index in [0.29, 0.717) is 18.2 Å². The molecule has 0 atom stereocenters. The standard InChI is InChI=1S/C14H19BrN2O/c1-3-12(4-2)17(7-8-18)14-6-5-11(10-16)9-13(14)15/h5-6,9,12,18H,3-4,7-8H2,1-2H3. The maximum absolute atomic E-state index is 9.22. The molecule has 98 valence electrons. The molecule has 1 rings (SSSR count). The Morgan fingerprint density at radius 3 is 2.50 bits per heavy atom. The van der Waals surface area contributed by atoms with Crippen LogP contribution >= 0.6 is 15.9 Å². The van der Waals surface area contributed by atoms with Crippen LogP contribution in [0.1, 0.15) is 32.3 Å². The number of hydrogen-bond donors (Lipinski definition) is 1. The average Bonchev–Trinajstić information content (AvgIpc) is 2.39. The van der Waals surface area contributed by atoms with Crippen LogP contribution in [0.3, 0.4) is 0 Å². The van der Waals surface area contributed by atoms with Crippen LogP contribution in [0.25, 0.3) is 0 Å². The van der Waals surface area contributed by atoms with Crippen LogP contribution in [0.15, 0.2) is 22.7 Å². The van der Waals surface area contributed by atoms with Crippen molar-refractivity contribution in [3.8, 4) is 6.07 Å². The number of hydrogen-bond acceptors (Lipinski definition) is 3. The van der Waals surface area contributed by atoms with Crippen LogP contribution in [-0.4, -0.2) is 24.3 Å². The number of nitriles is 1. The van der Waals surface area contributed by atoms with Crippen molar-refractivity contribution in [3.63, 3.8) is 0 Å². The van der Waals surface area contributed by atoms with E-state index in [2.05, 4.69) is 40.7 Å². The smallest absolute Gasteiger partial charge is 0.0992 e. The van der Waals surface area contributed by atoms with Gasteiger partial charge in [-0.1, -0.05) is 13.8 Å². The summed E-state index contributed by atoms with van der Waals surface area (Å²) in [5.74, 6) is 0. The maximum atomic E-state index is 9.22. The summed E-state index contributed by atoms with van der Waals surface area (Å²) in [5, 5.41) is 18.1. The lowest BCUT2D eigenvalue weighted by Crippen LogP contribution is -2.37. The topological polar surface area (TPSA) is 47.3 Å². The van der Waals surface area contributed by atoms with Gasteiger partial charge in [0.1, 0.15) is 0 Å². The predicted octanol–water partition coefficient (Wildman–Crippen LogP) is 3.31. The number of nitrogens with zero attached hydrogens (tertiary/aromatic N) is 2. The van der Waals surface area contributed by atoms with Gasteiger partial charge in [-0.15, -0.1) is 0 Å². The second-order valence-electron chi connectivity index (χ2n) is 4.17. The fourth-order valence-corrected chi connectivity index (χ4v) is 2.75. The van der Waals surface area contributed by atoms with Gasteiger partial charge in [0, 0.05) is 17.1 Å². The van der Waals surface area contributed by atoms with Crippen molar-refractivity contribution in [2.24, 2.45) is 0 Å². The van der Waals surface area contributed by atoms with Crippen molar-refractivity contribution in [1.82, 2.24) is 0 Å². The number of benzene rings is 1. The van der Waals surface area contributed by atoms with Crippen molar-refractivity contribution in [2.45, 2.75) is 32.7 Å². The summed E-state index contributed by atoms with van der Waals surface area (Å²) < 4.78 is 0.905. The fraction of sp³-hybridized carbons (Fsp3) is 0.500. The summed E-state index contributed by atoms with van der Waals surface area (Å²) in [6.45, 7) is 5.03. The van der Waals surface area contributed by atoms with E-state index in [9.17, 15) is 5.11 Å². The second kappa shape index (κ2) is 7.40. The van der Waals surface area contributed by atoms with E-state index in [0.717, 1.165) is 23.0 Å². The highest BCUT2D eigenvalue weighted by molar-refractivity contribution is 9.10. The predicted molar refractivity (Wildman–Crippen MR) is 77.7 cm³/mol. The Kier molecular flexibility index (Phi) is 6.17. The molecule has 0 aliphatic carbocycles. The first-order chi connectivity index (χ1) is 8.67. The van der Waals surface area contributed by atoms with E-state index in [1.165, 1.54) is 0 Å². The second-order valence-corrected chi connectivity index (χ2v) is 5.02.